The predicted octanol–water partition coefficient (Wildman–Crippen LogP) is 4.25. The molecule has 174 valence electrons. The second-order valence-corrected chi connectivity index (χ2v) is 7.77. The van der Waals surface area contributed by atoms with Crippen molar-refractivity contribution in [2.45, 2.75) is 26.6 Å². The van der Waals surface area contributed by atoms with Crippen molar-refractivity contribution in [2.75, 3.05) is 31.1 Å². The van der Waals surface area contributed by atoms with E-state index in [1.165, 1.54) is 6.07 Å². The van der Waals surface area contributed by atoms with Crippen molar-refractivity contribution in [3.8, 4) is 5.75 Å². The van der Waals surface area contributed by atoms with Gasteiger partial charge in [0.1, 0.15) is 23.9 Å². The number of alkyl halides is 3. The third-order valence-electron chi connectivity index (χ3n) is 5.64. The van der Waals surface area contributed by atoms with Gasteiger partial charge in [-0.3, -0.25) is 4.79 Å². The summed E-state index contributed by atoms with van der Waals surface area (Å²) < 4.78 is 49.3. The van der Waals surface area contributed by atoms with E-state index >= 15 is 0 Å². The second-order valence-electron chi connectivity index (χ2n) is 7.77. The summed E-state index contributed by atoms with van der Waals surface area (Å²) in [5.74, 6) is 1.43. The summed E-state index contributed by atoms with van der Waals surface area (Å²) in [6.45, 7) is 5.63. The molecule has 0 aliphatic carbocycles. The summed E-state index contributed by atoms with van der Waals surface area (Å²) >= 11 is 0. The molecule has 1 aliphatic rings. The van der Waals surface area contributed by atoms with Crippen molar-refractivity contribution < 1.29 is 27.2 Å². The van der Waals surface area contributed by atoms with Gasteiger partial charge in [0.05, 0.1) is 22.4 Å². The van der Waals surface area contributed by atoms with Crippen molar-refractivity contribution in [3.63, 3.8) is 0 Å². The summed E-state index contributed by atoms with van der Waals surface area (Å²) in [5.41, 5.74) is 1.25. The van der Waals surface area contributed by atoms with Gasteiger partial charge in [0, 0.05) is 32.4 Å². The number of hydrogen-bond donors (Lipinski definition) is 0. The number of pyridine rings is 1. The van der Waals surface area contributed by atoms with Gasteiger partial charge >= 0.3 is 6.18 Å². The Morgan fingerprint density at radius 2 is 1.82 bits per heavy atom. The molecule has 0 N–H and O–H groups in total. The van der Waals surface area contributed by atoms with Crippen molar-refractivity contribution in [3.05, 3.63) is 70.7 Å². The summed E-state index contributed by atoms with van der Waals surface area (Å²) in [4.78, 5) is 20.7. The van der Waals surface area contributed by atoms with Crippen LogP contribution in [0.5, 0.6) is 5.75 Å². The molecule has 3 heterocycles. The van der Waals surface area contributed by atoms with Crippen LogP contribution in [0, 0.1) is 13.8 Å². The minimum atomic E-state index is -4.42. The molecule has 0 saturated carbocycles. The Labute approximate surface area is 188 Å². The molecule has 0 unspecified atom stereocenters. The topological polar surface area (TPSA) is 71.7 Å². The van der Waals surface area contributed by atoms with E-state index in [1.807, 2.05) is 11.8 Å². The van der Waals surface area contributed by atoms with E-state index in [1.54, 1.807) is 36.1 Å². The monoisotopic (exact) mass is 460 g/mol. The zero-order valence-corrected chi connectivity index (χ0v) is 18.2. The molecule has 1 saturated heterocycles. The minimum absolute atomic E-state index is 0.163. The number of anilines is 1. The van der Waals surface area contributed by atoms with Crippen LogP contribution in [0.15, 0.2) is 47.1 Å². The van der Waals surface area contributed by atoms with Gasteiger partial charge in [0.15, 0.2) is 0 Å². The summed E-state index contributed by atoms with van der Waals surface area (Å²) in [5, 5.41) is 3.91. The van der Waals surface area contributed by atoms with Gasteiger partial charge in [0.2, 0.25) is 0 Å². The minimum Gasteiger partial charge on any atom is -0.488 e. The van der Waals surface area contributed by atoms with Crippen molar-refractivity contribution >= 4 is 11.7 Å². The average molecular weight is 460 g/mol. The van der Waals surface area contributed by atoms with E-state index in [9.17, 15) is 18.0 Å². The highest BCUT2D eigenvalue weighted by molar-refractivity contribution is 5.97. The number of amides is 1. The zero-order valence-electron chi connectivity index (χ0n) is 18.2. The fourth-order valence-electron chi connectivity index (χ4n) is 3.68. The average Bonchev–Trinajstić information content (AvgIpc) is 3.14. The number of aryl methyl sites for hydroxylation is 2. The van der Waals surface area contributed by atoms with E-state index in [0.29, 0.717) is 49.1 Å². The first-order chi connectivity index (χ1) is 15.7. The van der Waals surface area contributed by atoms with Gasteiger partial charge in [-0.25, -0.2) is 4.98 Å². The number of rotatable bonds is 5. The second kappa shape index (κ2) is 9.13. The van der Waals surface area contributed by atoms with Crippen molar-refractivity contribution in [1.82, 2.24) is 15.0 Å². The summed E-state index contributed by atoms with van der Waals surface area (Å²) in [6, 6.07) is 9.42. The highest BCUT2D eigenvalue weighted by Gasteiger charge is 2.31. The molecule has 1 fully saturated rings. The third-order valence-corrected chi connectivity index (χ3v) is 5.64. The van der Waals surface area contributed by atoms with E-state index in [0.717, 1.165) is 23.5 Å². The number of halogens is 3. The van der Waals surface area contributed by atoms with Gasteiger partial charge in [-0.05, 0) is 38.1 Å². The molecule has 2 aromatic heterocycles. The molecule has 3 aromatic rings. The van der Waals surface area contributed by atoms with Crippen LogP contribution < -0.4 is 9.64 Å². The lowest BCUT2D eigenvalue weighted by Crippen LogP contribution is -2.49. The normalized spacial score (nSPS) is 14.5. The van der Waals surface area contributed by atoms with E-state index in [4.69, 9.17) is 9.26 Å². The van der Waals surface area contributed by atoms with E-state index < -0.39 is 11.7 Å². The molecule has 33 heavy (non-hydrogen) atoms. The van der Waals surface area contributed by atoms with Crippen LogP contribution in [0.2, 0.25) is 0 Å². The molecule has 0 atom stereocenters. The Hall–Kier alpha value is -3.56. The van der Waals surface area contributed by atoms with Crippen LogP contribution in [0.25, 0.3) is 0 Å². The van der Waals surface area contributed by atoms with Crippen LogP contribution in [-0.2, 0) is 12.8 Å². The Kier molecular flexibility index (Phi) is 6.26. The van der Waals surface area contributed by atoms with Crippen LogP contribution in [0.3, 0.4) is 0 Å². The smallest absolute Gasteiger partial charge is 0.417 e. The quantitative estimate of drug-likeness (QED) is 0.567. The van der Waals surface area contributed by atoms with E-state index in [2.05, 4.69) is 10.1 Å². The van der Waals surface area contributed by atoms with E-state index in [-0.39, 0.29) is 12.5 Å². The summed E-state index contributed by atoms with van der Waals surface area (Å²) in [6.07, 6.45) is -3.59. The molecular formula is C23H23F3N4O3. The highest BCUT2D eigenvalue weighted by Crippen LogP contribution is 2.30. The maximum atomic E-state index is 13.2. The molecule has 0 spiro atoms. The highest BCUT2D eigenvalue weighted by atomic mass is 19.4. The SMILES string of the molecule is Cc1noc(C)c1COc1ccccc1C(=O)N1CCN(c2ccc(C(F)(F)F)cn2)CC1. The fourth-order valence-corrected chi connectivity index (χ4v) is 3.68. The predicted molar refractivity (Wildman–Crippen MR) is 114 cm³/mol. The first-order valence-electron chi connectivity index (χ1n) is 10.4. The number of piperazine rings is 1. The van der Waals surface area contributed by atoms with Crippen LogP contribution >= 0.6 is 0 Å². The van der Waals surface area contributed by atoms with Gasteiger partial charge in [-0.1, -0.05) is 17.3 Å². The molecule has 7 nitrogen and oxygen atoms in total. The molecule has 1 aromatic carbocycles. The molecule has 10 heteroatoms. The number of nitrogens with zero attached hydrogens (tertiary/aromatic N) is 4. The van der Waals surface area contributed by atoms with Crippen LogP contribution in [0.1, 0.15) is 32.9 Å². The molecule has 0 radical (unpaired) electrons. The number of benzene rings is 1. The lowest BCUT2D eigenvalue weighted by molar-refractivity contribution is -0.137. The lowest BCUT2D eigenvalue weighted by atomic mass is 10.1. The maximum absolute atomic E-state index is 13.2. The lowest BCUT2D eigenvalue weighted by Gasteiger charge is -2.35. The van der Waals surface area contributed by atoms with Crippen molar-refractivity contribution in [2.24, 2.45) is 0 Å². The molecule has 1 amide bonds. The summed E-state index contributed by atoms with van der Waals surface area (Å²) in [7, 11) is 0. The first kappa shape index (κ1) is 22.6. The third kappa shape index (κ3) is 4.94. The Balaban J connectivity index is 1.40. The fraction of sp³-hybridized carbons (Fsp3) is 0.348. The molecule has 1 aliphatic heterocycles. The first-order valence-corrected chi connectivity index (χ1v) is 10.4. The van der Waals surface area contributed by atoms with Gasteiger partial charge in [0.25, 0.3) is 5.91 Å². The zero-order chi connectivity index (χ0) is 23.6. The number of carbonyl (C=O) groups is 1. The molecule has 4 rings (SSSR count). The van der Waals surface area contributed by atoms with Gasteiger partial charge in [-0.2, -0.15) is 13.2 Å². The number of aromatic nitrogens is 2. The maximum Gasteiger partial charge on any atom is 0.417 e. The number of carbonyl (C=O) groups excluding carboxylic acids is 1. The number of para-hydroxylation sites is 1. The Bertz CT molecular complexity index is 1100. The molecular weight excluding hydrogens is 437 g/mol. The Morgan fingerprint density at radius 3 is 2.42 bits per heavy atom. The number of hydrogen-bond acceptors (Lipinski definition) is 6. The van der Waals surface area contributed by atoms with Gasteiger partial charge < -0.3 is 19.1 Å². The van der Waals surface area contributed by atoms with Gasteiger partial charge in [-0.15, -0.1) is 0 Å². The standard InChI is InChI=1S/C23H23F3N4O3/c1-15-19(16(2)33-28-15)14-32-20-6-4-3-5-18(20)22(31)30-11-9-29(10-12-30)21-8-7-17(13-27-21)23(24,25)26/h3-8,13H,9-12,14H2,1-2H3. The Morgan fingerprint density at radius 1 is 1.09 bits per heavy atom. The van der Waals surface area contributed by atoms with Crippen molar-refractivity contribution in [1.29, 1.82) is 0 Å². The van der Waals surface area contributed by atoms with Crippen LogP contribution in [0.4, 0.5) is 19.0 Å². The van der Waals surface area contributed by atoms with Crippen LogP contribution in [-0.4, -0.2) is 47.1 Å². The number of ether oxygens (including phenoxy) is 1. The largest absolute Gasteiger partial charge is 0.488 e. The molecule has 0 bridgehead atoms.